The van der Waals surface area contributed by atoms with E-state index in [4.69, 9.17) is 0 Å². The molecule has 1 fully saturated rings. The lowest BCUT2D eigenvalue weighted by Crippen LogP contribution is -2.49. The molecule has 2 N–H and O–H groups in total. The van der Waals surface area contributed by atoms with E-state index >= 15 is 0 Å². The van der Waals surface area contributed by atoms with Crippen LogP contribution in [0.5, 0.6) is 5.75 Å². The van der Waals surface area contributed by atoms with Crippen LogP contribution in [0, 0.1) is 7.14 Å². The topological polar surface area (TPSA) is 35.5 Å². The van der Waals surface area contributed by atoms with Crippen molar-refractivity contribution in [2.75, 3.05) is 26.2 Å². The second-order valence-electron chi connectivity index (χ2n) is 4.56. The summed E-state index contributed by atoms with van der Waals surface area (Å²) in [5, 5.41) is 13.1. The van der Waals surface area contributed by atoms with Gasteiger partial charge in [0.25, 0.3) is 0 Å². The summed E-state index contributed by atoms with van der Waals surface area (Å²) in [6.07, 6.45) is -4.41. The Bertz CT molecular complexity index is 496. The zero-order valence-corrected chi connectivity index (χ0v) is 15.9. The highest BCUT2D eigenvalue weighted by Gasteiger charge is 2.46. The maximum atomic E-state index is 13.5. The van der Waals surface area contributed by atoms with Crippen LogP contribution in [0.15, 0.2) is 12.1 Å². The van der Waals surface area contributed by atoms with Crippen LogP contribution in [0.3, 0.4) is 0 Å². The number of hydrogen-bond acceptors (Lipinski definition) is 3. The van der Waals surface area contributed by atoms with Gasteiger partial charge in [-0.2, -0.15) is 13.2 Å². The Morgan fingerprint density at radius 3 is 2.29 bits per heavy atom. The molecular formula is C12H14ClF3I2N2O. The molecule has 0 radical (unpaired) electrons. The van der Waals surface area contributed by atoms with Gasteiger partial charge in [0.1, 0.15) is 11.8 Å². The van der Waals surface area contributed by atoms with E-state index in [9.17, 15) is 18.3 Å². The van der Waals surface area contributed by atoms with E-state index in [0.29, 0.717) is 33.3 Å². The minimum absolute atomic E-state index is 0. The standard InChI is InChI=1S/C12H13F3I2N2O.ClH/c13-12(14,15)11(19-3-1-18-2-4-19)8-5-7(16)6-9(17)10(8)20;/h5-6,11,18,20H,1-4H2;1H/t11-;/m0./s1. The molecule has 0 saturated carbocycles. The van der Waals surface area contributed by atoms with E-state index in [1.807, 2.05) is 45.2 Å². The second-order valence-corrected chi connectivity index (χ2v) is 6.96. The van der Waals surface area contributed by atoms with Gasteiger partial charge in [-0.05, 0) is 57.3 Å². The van der Waals surface area contributed by atoms with Crippen molar-refractivity contribution in [3.05, 3.63) is 24.8 Å². The van der Waals surface area contributed by atoms with Crippen LogP contribution in [0.25, 0.3) is 0 Å². The fourth-order valence-corrected chi connectivity index (χ4v) is 4.20. The molecule has 1 heterocycles. The Labute approximate surface area is 154 Å². The SMILES string of the molecule is Cl.Oc1c(I)cc(I)cc1[C@H](N1CCNCC1)C(F)(F)F. The van der Waals surface area contributed by atoms with Gasteiger partial charge in [-0.1, -0.05) is 0 Å². The highest BCUT2D eigenvalue weighted by molar-refractivity contribution is 14.1. The Hall–Kier alpha value is 0.480. The number of hydrogen-bond donors (Lipinski definition) is 2. The highest BCUT2D eigenvalue weighted by Crippen LogP contribution is 2.43. The van der Waals surface area contributed by atoms with Gasteiger partial charge < -0.3 is 10.4 Å². The first-order valence-corrected chi connectivity index (χ1v) is 8.16. The van der Waals surface area contributed by atoms with Crippen LogP contribution in [0.1, 0.15) is 11.6 Å². The van der Waals surface area contributed by atoms with E-state index in [0.717, 1.165) is 0 Å². The molecule has 120 valence electrons. The molecule has 2 rings (SSSR count). The lowest BCUT2D eigenvalue weighted by Gasteiger charge is -2.36. The zero-order chi connectivity index (χ0) is 14.9. The molecule has 1 atom stereocenters. The molecule has 9 heteroatoms. The summed E-state index contributed by atoms with van der Waals surface area (Å²) in [4.78, 5) is 1.37. The number of nitrogens with zero attached hydrogens (tertiary/aromatic N) is 1. The number of piperazine rings is 1. The van der Waals surface area contributed by atoms with Gasteiger partial charge in [0.05, 0.1) is 3.57 Å². The number of rotatable bonds is 2. The summed E-state index contributed by atoms with van der Waals surface area (Å²) in [5.74, 6) is -0.271. The van der Waals surface area contributed by atoms with Crippen molar-refractivity contribution in [1.29, 1.82) is 0 Å². The van der Waals surface area contributed by atoms with E-state index in [2.05, 4.69) is 5.32 Å². The molecule has 1 aromatic rings. The van der Waals surface area contributed by atoms with E-state index < -0.39 is 12.2 Å². The molecule has 1 aliphatic heterocycles. The lowest BCUT2D eigenvalue weighted by molar-refractivity contribution is -0.188. The second kappa shape index (κ2) is 7.84. The minimum Gasteiger partial charge on any atom is -0.506 e. The van der Waals surface area contributed by atoms with Crippen molar-refractivity contribution in [2.45, 2.75) is 12.2 Å². The fourth-order valence-electron chi connectivity index (χ4n) is 2.31. The number of halogens is 6. The number of alkyl halides is 3. The molecule has 0 aromatic heterocycles. The van der Waals surface area contributed by atoms with Gasteiger partial charge in [0.2, 0.25) is 0 Å². The normalized spacial score (nSPS) is 18.1. The van der Waals surface area contributed by atoms with Gasteiger partial charge in [0, 0.05) is 35.3 Å². The van der Waals surface area contributed by atoms with Crippen LogP contribution < -0.4 is 5.32 Å². The van der Waals surface area contributed by atoms with Crippen LogP contribution in [0.2, 0.25) is 0 Å². The number of nitrogens with one attached hydrogen (secondary N) is 1. The third kappa shape index (κ3) is 4.72. The van der Waals surface area contributed by atoms with Crippen molar-refractivity contribution in [2.24, 2.45) is 0 Å². The van der Waals surface area contributed by atoms with Crippen molar-refractivity contribution in [1.82, 2.24) is 10.2 Å². The molecule has 1 aliphatic rings. The third-order valence-electron chi connectivity index (χ3n) is 3.18. The number of benzene rings is 1. The Balaban J connectivity index is 0.00000220. The molecule has 0 bridgehead atoms. The van der Waals surface area contributed by atoms with Crippen LogP contribution in [0.4, 0.5) is 13.2 Å². The number of aromatic hydroxyl groups is 1. The Kier molecular flexibility index (Phi) is 7.29. The average molecular weight is 549 g/mol. The van der Waals surface area contributed by atoms with Gasteiger partial charge in [-0.15, -0.1) is 12.4 Å². The molecule has 21 heavy (non-hydrogen) atoms. The molecule has 1 saturated heterocycles. The van der Waals surface area contributed by atoms with E-state index in [1.54, 1.807) is 6.07 Å². The predicted molar refractivity (Wildman–Crippen MR) is 94.0 cm³/mol. The number of phenolic OH excluding ortho intramolecular Hbond substituents is 1. The molecule has 1 aromatic carbocycles. The quantitative estimate of drug-likeness (QED) is 0.556. The monoisotopic (exact) mass is 548 g/mol. The van der Waals surface area contributed by atoms with Crippen LogP contribution >= 0.6 is 57.6 Å². The molecule has 0 amide bonds. The summed E-state index contributed by atoms with van der Waals surface area (Å²) < 4.78 is 41.5. The molecule has 0 spiro atoms. The van der Waals surface area contributed by atoms with Crippen molar-refractivity contribution < 1.29 is 18.3 Å². The zero-order valence-electron chi connectivity index (χ0n) is 10.8. The van der Waals surface area contributed by atoms with Gasteiger partial charge in [-0.25, -0.2) is 0 Å². The van der Waals surface area contributed by atoms with Crippen molar-refractivity contribution in [3.63, 3.8) is 0 Å². The largest absolute Gasteiger partial charge is 0.506 e. The first-order chi connectivity index (χ1) is 9.30. The minimum atomic E-state index is -4.41. The summed E-state index contributed by atoms with van der Waals surface area (Å²) in [6.45, 7) is 1.67. The van der Waals surface area contributed by atoms with Gasteiger partial charge >= 0.3 is 6.18 Å². The fraction of sp³-hybridized carbons (Fsp3) is 0.500. The average Bonchev–Trinajstić information content (AvgIpc) is 2.35. The first kappa shape index (κ1) is 19.5. The van der Waals surface area contributed by atoms with Gasteiger partial charge in [0.15, 0.2) is 0 Å². The summed E-state index contributed by atoms with van der Waals surface area (Å²) in [6, 6.07) is 1.32. The van der Waals surface area contributed by atoms with Crippen molar-refractivity contribution >= 4 is 57.6 Å². The Morgan fingerprint density at radius 1 is 1.19 bits per heavy atom. The number of phenols is 1. The first-order valence-electron chi connectivity index (χ1n) is 6.00. The maximum Gasteiger partial charge on any atom is 0.408 e. The van der Waals surface area contributed by atoms with Crippen molar-refractivity contribution in [3.8, 4) is 5.75 Å². The summed E-state index contributed by atoms with van der Waals surface area (Å²) >= 11 is 3.82. The Morgan fingerprint density at radius 2 is 1.76 bits per heavy atom. The summed E-state index contributed by atoms with van der Waals surface area (Å²) in [7, 11) is 0. The highest BCUT2D eigenvalue weighted by atomic mass is 127. The molecule has 3 nitrogen and oxygen atoms in total. The maximum absolute atomic E-state index is 13.5. The van der Waals surface area contributed by atoms with E-state index in [1.165, 1.54) is 11.0 Å². The van der Waals surface area contributed by atoms with Gasteiger partial charge in [-0.3, -0.25) is 4.90 Å². The molecular weight excluding hydrogens is 534 g/mol. The lowest BCUT2D eigenvalue weighted by atomic mass is 10.0. The van der Waals surface area contributed by atoms with E-state index in [-0.39, 0.29) is 23.7 Å². The van der Waals surface area contributed by atoms with Crippen LogP contribution in [-0.2, 0) is 0 Å². The smallest absolute Gasteiger partial charge is 0.408 e. The predicted octanol–water partition coefficient (Wildman–Crippen LogP) is 3.53. The van der Waals surface area contributed by atoms with Crippen LogP contribution in [-0.4, -0.2) is 42.4 Å². The third-order valence-corrected chi connectivity index (χ3v) is 4.62. The summed E-state index contributed by atoms with van der Waals surface area (Å²) in [5.41, 5.74) is -0.0595. The molecule has 0 aliphatic carbocycles. The molecule has 0 unspecified atom stereocenters.